The van der Waals surface area contributed by atoms with E-state index in [-0.39, 0.29) is 23.7 Å². The summed E-state index contributed by atoms with van der Waals surface area (Å²) in [7, 11) is 1.60. The largest absolute Gasteiger partial charge is 0.497 e. The maximum Gasteiger partial charge on any atom is 0.409 e. The predicted molar refractivity (Wildman–Crippen MR) is 140 cm³/mol. The Kier molecular flexibility index (Phi) is 6.00. The predicted octanol–water partition coefficient (Wildman–Crippen LogP) is 4.83. The van der Waals surface area contributed by atoms with Crippen molar-refractivity contribution in [1.29, 1.82) is 0 Å². The van der Waals surface area contributed by atoms with Crippen LogP contribution >= 0.6 is 0 Å². The van der Waals surface area contributed by atoms with Crippen molar-refractivity contribution in [1.82, 2.24) is 19.7 Å². The summed E-state index contributed by atoms with van der Waals surface area (Å²) in [5.41, 5.74) is 5.33. The van der Waals surface area contributed by atoms with Crippen LogP contribution in [0.2, 0.25) is 0 Å². The zero-order valence-electron chi connectivity index (χ0n) is 20.6. The molecule has 1 aliphatic carbocycles. The van der Waals surface area contributed by atoms with Crippen LogP contribution < -0.4 is 10.4 Å². The molecule has 8 heteroatoms. The smallest absolute Gasteiger partial charge is 0.409 e. The minimum Gasteiger partial charge on any atom is -0.497 e. The van der Waals surface area contributed by atoms with Gasteiger partial charge in [-0.3, -0.25) is 4.98 Å². The van der Waals surface area contributed by atoms with Crippen molar-refractivity contribution in [2.24, 2.45) is 0 Å². The molecule has 2 aliphatic rings. The molecule has 0 bridgehead atoms. The fourth-order valence-electron chi connectivity index (χ4n) is 5.46. The molecule has 0 spiro atoms. The first-order chi connectivity index (χ1) is 18.1. The molecular weight excluding hydrogens is 468 g/mol. The van der Waals surface area contributed by atoms with Crippen LogP contribution in [0.1, 0.15) is 35.9 Å². The number of aromatic nitrogens is 3. The van der Waals surface area contributed by atoms with Gasteiger partial charge in [-0.15, -0.1) is 5.10 Å². The molecule has 1 amide bonds. The summed E-state index contributed by atoms with van der Waals surface area (Å²) in [5, 5.41) is 4.54. The van der Waals surface area contributed by atoms with E-state index >= 15 is 0 Å². The number of H-pyrrole nitrogens is 1. The first-order valence-corrected chi connectivity index (χ1v) is 12.6. The molecule has 0 saturated carbocycles. The van der Waals surface area contributed by atoms with E-state index in [1.54, 1.807) is 12.0 Å². The van der Waals surface area contributed by atoms with Crippen LogP contribution in [0.15, 0.2) is 77.6 Å². The van der Waals surface area contributed by atoms with Gasteiger partial charge in [0.2, 0.25) is 0 Å². The molecule has 2 heterocycles. The maximum atomic E-state index is 12.9. The molecule has 0 atom stereocenters. The Labute approximate surface area is 214 Å². The molecule has 8 nitrogen and oxygen atoms in total. The number of methoxy groups -OCH3 is 1. The third kappa shape index (κ3) is 4.28. The van der Waals surface area contributed by atoms with Crippen molar-refractivity contribution in [3.05, 3.63) is 94.4 Å². The van der Waals surface area contributed by atoms with Crippen LogP contribution in [0.4, 0.5) is 4.79 Å². The second-order valence-corrected chi connectivity index (χ2v) is 9.48. The van der Waals surface area contributed by atoms with Gasteiger partial charge in [0, 0.05) is 24.6 Å². The van der Waals surface area contributed by atoms with Gasteiger partial charge in [-0.1, -0.05) is 60.7 Å². The molecule has 3 aromatic carbocycles. The number of benzene rings is 3. The van der Waals surface area contributed by atoms with E-state index in [4.69, 9.17) is 9.47 Å². The molecule has 6 rings (SSSR count). The van der Waals surface area contributed by atoms with Gasteiger partial charge < -0.3 is 14.4 Å². The maximum absolute atomic E-state index is 12.9. The highest BCUT2D eigenvalue weighted by atomic mass is 16.6. The van der Waals surface area contributed by atoms with E-state index in [1.165, 1.54) is 26.9 Å². The lowest BCUT2D eigenvalue weighted by molar-refractivity contribution is 0.0850. The lowest BCUT2D eigenvalue weighted by atomic mass is 9.98. The third-order valence-electron chi connectivity index (χ3n) is 7.39. The van der Waals surface area contributed by atoms with E-state index in [1.807, 2.05) is 48.5 Å². The highest BCUT2D eigenvalue weighted by Crippen LogP contribution is 2.44. The fraction of sp³-hybridized carbons (Fsp3) is 0.276. The molecule has 1 aliphatic heterocycles. The normalized spacial score (nSPS) is 15.3. The number of likely N-dealkylation sites (tertiary alicyclic amines) is 1. The molecule has 0 radical (unpaired) electrons. The van der Waals surface area contributed by atoms with E-state index < -0.39 is 0 Å². The number of carbonyl (C=O) groups is 1. The van der Waals surface area contributed by atoms with Crippen LogP contribution in [0.5, 0.6) is 5.75 Å². The number of hydrogen-bond donors (Lipinski definition) is 1. The van der Waals surface area contributed by atoms with Crippen molar-refractivity contribution >= 4 is 6.09 Å². The van der Waals surface area contributed by atoms with Gasteiger partial charge in [0.25, 0.3) is 0 Å². The molecule has 1 fully saturated rings. The number of aromatic amines is 1. The van der Waals surface area contributed by atoms with Gasteiger partial charge >= 0.3 is 11.8 Å². The average molecular weight is 497 g/mol. The Balaban J connectivity index is 1.09. The fourth-order valence-corrected chi connectivity index (χ4v) is 5.46. The number of piperidine rings is 1. The molecular formula is C29H28N4O4. The minimum absolute atomic E-state index is 0.0338. The molecule has 1 N–H and O–H groups in total. The Morgan fingerprint density at radius 3 is 2.32 bits per heavy atom. The zero-order chi connectivity index (χ0) is 25.4. The van der Waals surface area contributed by atoms with Crippen LogP contribution in [-0.2, 0) is 4.74 Å². The Hall–Kier alpha value is -4.33. The van der Waals surface area contributed by atoms with Crippen LogP contribution in [0.25, 0.3) is 22.5 Å². The van der Waals surface area contributed by atoms with Gasteiger partial charge in [0.05, 0.1) is 13.2 Å². The Bertz CT molecular complexity index is 1450. The van der Waals surface area contributed by atoms with Crippen molar-refractivity contribution < 1.29 is 14.3 Å². The summed E-state index contributed by atoms with van der Waals surface area (Å²) in [5.74, 6) is 1.23. The van der Waals surface area contributed by atoms with Gasteiger partial charge in [0.1, 0.15) is 12.4 Å². The Morgan fingerprint density at radius 2 is 1.65 bits per heavy atom. The summed E-state index contributed by atoms with van der Waals surface area (Å²) in [6.45, 7) is 1.32. The van der Waals surface area contributed by atoms with Gasteiger partial charge in [-0.2, -0.15) is 0 Å². The standard InChI is InChI=1S/C29H28N4O4/c1-36-21-8-6-7-19(17-21)27-30-28(34)33(31-27)20-13-15-32(16-14-20)29(35)37-18-26-24-11-4-2-9-22(24)23-10-3-5-12-25(23)26/h2-12,17,20,26H,13-16,18H2,1H3,(H,30,31,34). The van der Waals surface area contributed by atoms with E-state index in [9.17, 15) is 9.59 Å². The number of amides is 1. The highest BCUT2D eigenvalue weighted by molar-refractivity contribution is 5.79. The zero-order valence-corrected chi connectivity index (χ0v) is 20.6. The van der Waals surface area contributed by atoms with Gasteiger partial charge in [0.15, 0.2) is 5.82 Å². The van der Waals surface area contributed by atoms with Crippen LogP contribution in [0.3, 0.4) is 0 Å². The lowest BCUT2D eigenvalue weighted by Gasteiger charge is -2.31. The molecule has 1 aromatic heterocycles. The average Bonchev–Trinajstić information content (AvgIpc) is 3.50. The van der Waals surface area contributed by atoms with Gasteiger partial charge in [-0.25, -0.2) is 14.3 Å². The van der Waals surface area contributed by atoms with Crippen molar-refractivity contribution in [3.63, 3.8) is 0 Å². The quantitative estimate of drug-likeness (QED) is 0.427. The summed E-state index contributed by atoms with van der Waals surface area (Å²) in [6.07, 6.45) is 0.950. The lowest BCUT2D eigenvalue weighted by Crippen LogP contribution is -2.41. The summed E-state index contributed by atoms with van der Waals surface area (Å²) in [4.78, 5) is 30.2. The van der Waals surface area contributed by atoms with Crippen molar-refractivity contribution in [2.45, 2.75) is 24.8 Å². The summed E-state index contributed by atoms with van der Waals surface area (Å²) < 4.78 is 12.6. The first-order valence-electron chi connectivity index (χ1n) is 12.6. The van der Waals surface area contributed by atoms with Crippen LogP contribution in [-0.4, -0.2) is 52.6 Å². The topological polar surface area (TPSA) is 89.4 Å². The highest BCUT2D eigenvalue weighted by Gasteiger charge is 2.31. The van der Waals surface area contributed by atoms with E-state index in [2.05, 4.69) is 34.3 Å². The number of hydrogen-bond acceptors (Lipinski definition) is 5. The van der Waals surface area contributed by atoms with Gasteiger partial charge in [-0.05, 0) is 47.2 Å². The molecule has 4 aromatic rings. The second kappa shape index (κ2) is 9.61. The second-order valence-electron chi connectivity index (χ2n) is 9.48. The third-order valence-corrected chi connectivity index (χ3v) is 7.39. The summed E-state index contributed by atoms with van der Waals surface area (Å²) in [6, 6.07) is 23.9. The van der Waals surface area contributed by atoms with Crippen LogP contribution in [0, 0.1) is 0 Å². The molecule has 188 valence electrons. The Morgan fingerprint density at radius 1 is 0.973 bits per heavy atom. The number of fused-ring (bicyclic) bond motifs is 3. The number of carbonyl (C=O) groups excluding carboxylic acids is 1. The monoisotopic (exact) mass is 496 g/mol. The molecule has 37 heavy (non-hydrogen) atoms. The van der Waals surface area contributed by atoms with Crippen molar-refractivity contribution in [2.75, 3.05) is 26.8 Å². The molecule has 0 unspecified atom stereocenters. The summed E-state index contributed by atoms with van der Waals surface area (Å²) >= 11 is 0. The van der Waals surface area contributed by atoms with Crippen molar-refractivity contribution in [3.8, 4) is 28.3 Å². The molecule has 1 saturated heterocycles. The van der Waals surface area contributed by atoms with E-state index in [0.29, 0.717) is 44.1 Å². The SMILES string of the molecule is COc1cccc(-c2nn(C3CCN(C(=O)OCC4c5ccccc5-c5ccccc54)CC3)c(=O)[nH]2)c1. The first kappa shape index (κ1) is 23.1. The number of nitrogens with zero attached hydrogens (tertiary/aromatic N) is 3. The van der Waals surface area contributed by atoms with E-state index in [0.717, 1.165) is 5.56 Å². The number of rotatable bonds is 5. The minimum atomic E-state index is -0.313. The number of ether oxygens (including phenoxy) is 2. The number of nitrogens with one attached hydrogen (secondary N) is 1.